The molecule has 5 rings (SSSR count). The fraction of sp³-hybridized carbons (Fsp3) is 0.292. The molecule has 1 saturated heterocycles. The van der Waals surface area contributed by atoms with Crippen LogP contribution in [0.5, 0.6) is 5.88 Å². The summed E-state index contributed by atoms with van der Waals surface area (Å²) in [5, 5.41) is 3.31. The van der Waals surface area contributed by atoms with Crippen LogP contribution in [-0.2, 0) is 21.8 Å². The van der Waals surface area contributed by atoms with Crippen molar-refractivity contribution in [2.45, 2.75) is 23.8 Å². The molecule has 4 heterocycles. The molecule has 0 unspecified atom stereocenters. The first-order valence-corrected chi connectivity index (χ1v) is 13.6. The van der Waals surface area contributed by atoms with Gasteiger partial charge in [-0.3, -0.25) is 14.1 Å². The third kappa shape index (κ3) is 5.48. The van der Waals surface area contributed by atoms with Crippen LogP contribution in [-0.4, -0.2) is 59.3 Å². The lowest BCUT2D eigenvalue weighted by molar-refractivity contribution is 0.0903. The summed E-state index contributed by atoms with van der Waals surface area (Å²) in [6, 6.07) is 4.73. The minimum Gasteiger partial charge on any atom is -0.480 e. The van der Waals surface area contributed by atoms with Gasteiger partial charge in [-0.2, -0.15) is 4.98 Å². The summed E-state index contributed by atoms with van der Waals surface area (Å²) in [7, 11) is -1.49. The van der Waals surface area contributed by atoms with Gasteiger partial charge in [-0.05, 0) is 37.1 Å². The van der Waals surface area contributed by atoms with Gasteiger partial charge in [0.25, 0.3) is 15.6 Å². The van der Waals surface area contributed by atoms with Crippen molar-refractivity contribution in [3.8, 4) is 17.1 Å². The summed E-state index contributed by atoms with van der Waals surface area (Å²) in [6.07, 6.45) is 4.29. The highest BCUT2D eigenvalue weighted by Gasteiger charge is 2.23. The number of rotatable bonds is 7. The molecule has 4 aromatic rings. The number of aryl methyl sites for hydroxylation is 1. The lowest BCUT2D eigenvalue weighted by atomic mass is 10.1. The van der Waals surface area contributed by atoms with E-state index in [0.29, 0.717) is 19.2 Å². The van der Waals surface area contributed by atoms with Crippen LogP contribution in [0.25, 0.3) is 22.4 Å². The maximum absolute atomic E-state index is 15.0. The van der Waals surface area contributed by atoms with E-state index in [1.54, 1.807) is 0 Å². The Kier molecular flexibility index (Phi) is 7.34. The molecule has 0 saturated carbocycles. The first-order valence-electron chi connectivity index (χ1n) is 11.8. The van der Waals surface area contributed by atoms with Crippen molar-refractivity contribution in [2.75, 3.05) is 30.4 Å². The number of hydrogen-bond acceptors (Lipinski definition) is 10. The Morgan fingerprint density at radius 3 is 2.67 bits per heavy atom. The molecule has 0 amide bonds. The lowest BCUT2D eigenvalue weighted by Crippen LogP contribution is -2.29. The second-order valence-electron chi connectivity index (χ2n) is 8.72. The van der Waals surface area contributed by atoms with Crippen LogP contribution < -0.4 is 20.3 Å². The van der Waals surface area contributed by atoms with Crippen molar-refractivity contribution in [3.05, 3.63) is 57.9 Å². The molecular weight excluding hydrogens is 553 g/mol. The van der Waals surface area contributed by atoms with E-state index in [2.05, 4.69) is 30.0 Å². The largest absolute Gasteiger partial charge is 0.480 e. The van der Waals surface area contributed by atoms with Crippen molar-refractivity contribution < 1.29 is 22.3 Å². The molecule has 15 heteroatoms. The third-order valence-corrected chi connectivity index (χ3v) is 7.69. The summed E-state index contributed by atoms with van der Waals surface area (Å²) in [6.45, 7) is 1.28. The summed E-state index contributed by atoms with van der Waals surface area (Å²) >= 11 is 5.92. The van der Waals surface area contributed by atoms with Gasteiger partial charge in [0.2, 0.25) is 11.8 Å². The number of hydrogen-bond donors (Lipinski definition) is 2. The maximum Gasteiger partial charge on any atom is 0.278 e. The Hall–Kier alpha value is -3.88. The smallest absolute Gasteiger partial charge is 0.278 e. The number of halogens is 2. The van der Waals surface area contributed by atoms with Gasteiger partial charge in [-0.1, -0.05) is 11.6 Å². The van der Waals surface area contributed by atoms with Crippen LogP contribution in [0.15, 0.2) is 46.3 Å². The average Bonchev–Trinajstić information content (AvgIpc) is 2.92. The Labute approximate surface area is 227 Å². The number of anilines is 2. The van der Waals surface area contributed by atoms with E-state index in [-0.39, 0.29) is 49.9 Å². The number of nitrogens with one attached hydrogen (secondary N) is 2. The number of benzene rings is 1. The molecule has 204 valence electrons. The van der Waals surface area contributed by atoms with Gasteiger partial charge in [0.1, 0.15) is 17.0 Å². The van der Waals surface area contributed by atoms with Gasteiger partial charge < -0.3 is 14.8 Å². The lowest BCUT2D eigenvalue weighted by Gasteiger charge is -2.23. The number of fused-ring (bicyclic) bond motifs is 1. The highest BCUT2D eigenvalue weighted by Crippen LogP contribution is 2.29. The van der Waals surface area contributed by atoms with Crippen LogP contribution in [0.1, 0.15) is 12.8 Å². The molecule has 1 aliphatic heterocycles. The quantitative estimate of drug-likeness (QED) is 0.336. The van der Waals surface area contributed by atoms with Crippen LogP contribution in [0.2, 0.25) is 5.02 Å². The molecule has 39 heavy (non-hydrogen) atoms. The Bertz CT molecular complexity index is 1730. The molecule has 1 aromatic carbocycles. The van der Waals surface area contributed by atoms with E-state index < -0.39 is 21.4 Å². The topological polar surface area (TPSA) is 150 Å². The molecule has 1 fully saturated rings. The average molecular weight is 576 g/mol. The van der Waals surface area contributed by atoms with Crippen LogP contribution in [0.3, 0.4) is 0 Å². The first-order chi connectivity index (χ1) is 18.7. The van der Waals surface area contributed by atoms with Crippen molar-refractivity contribution in [3.63, 3.8) is 0 Å². The molecular formula is C24H23ClFN7O5S. The number of pyridine rings is 1. The summed E-state index contributed by atoms with van der Waals surface area (Å²) in [4.78, 5) is 29.8. The predicted octanol–water partition coefficient (Wildman–Crippen LogP) is 2.98. The number of ether oxygens (including phenoxy) is 2. The molecule has 12 nitrogen and oxygen atoms in total. The molecule has 2 N–H and O–H groups in total. The Morgan fingerprint density at radius 1 is 1.15 bits per heavy atom. The van der Waals surface area contributed by atoms with Crippen molar-refractivity contribution in [1.29, 1.82) is 0 Å². The normalized spacial score (nSPS) is 14.4. The number of sulfonamides is 1. The zero-order valence-electron chi connectivity index (χ0n) is 20.8. The van der Waals surface area contributed by atoms with Crippen molar-refractivity contribution in [2.24, 2.45) is 7.05 Å². The van der Waals surface area contributed by atoms with Crippen molar-refractivity contribution >= 4 is 44.4 Å². The number of methoxy groups -OCH3 is 1. The van der Waals surface area contributed by atoms with Crippen LogP contribution >= 0.6 is 11.6 Å². The van der Waals surface area contributed by atoms with Gasteiger partial charge in [0.05, 0.1) is 18.3 Å². The van der Waals surface area contributed by atoms with E-state index >= 15 is 0 Å². The second kappa shape index (κ2) is 10.7. The SMILES string of the molecule is COc1ncc(Cl)cc1S(=O)(=O)Nc1ccc(F)c(-c2nc3cnc(NC4CCOCC4)nc3n(C)c2=O)c1. The van der Waals surface area contributed by atoms with E-state index in [1.807, 2.05) is 0 Å². The molecule has 1 aliphatic rings. The van der Waals surface area contributed by atoms with E-state index in [0.717, 1.165) is 18.9 Å². The summed E-state index contributed by atoms with van der Waals surface area (Å²) in [5.74, 6) is -0.611. The fourth-order valence-electron chi connectivity index (χ4n) is 4.12. The van der Waals surface area contributed by atoms with Crippen molar-refractivity contribution in [1.82, 2.24) is 24.5 Å². The van der Waals surface area contributed by atoms with E-state index in [9.17, 15) is 17.6 Å². The van der Waals surface area contributed by atoms with E-state index in [1.165, 1.54) is 49.3 Å². The molecule has 0 spiro atoms. The first kappa shape index (κ1) is 26.7. The highest BCUT2D eigenvalue weighted by atomic mass is 35.5. The van der Waals surface area contributed by atoms with E-state index in [4.69, 9.17) is 21.1 Å². The standard InChI is InChI=1S/C24H23ClFN7O5S/c1-33-21-18(12-28-24(31-21)29-14-5-7-38-8-6-14)30-20(23(33)34)16-10-15(3-4-17(16)26)32-39(35,36)19-9-13(25)11-27-22(19)37-2/h3-4,9-12,14,32H,5-8H2,1-2H3,(H,28,29,31). The fourth-order valence-corrected chi connectivity index (χ4v) is 5.54. The van der Waals surface area contributed by atoms with Gasteiger partial charge in [-0.25, -0.2) is 27.8 Å². The van der Waals surface area contributed by atoms with Crippen LogP contribution in [0.4, 0.5) is 16.0 Å². The molecule has 0 radical (unpaired) electrons. The number of aromatic nitrogens is 5. The second-order valence-corrected chi connectivity index (χ2v) is 10.8. The summed E-state index contributed by atoms with van der Waals surface area (Å²) in [5.41, 5.74) is -0.587. The predicted molar refractivity (Wildman–Crippen MR) is 142 cm³/mol. The van der Waals surface area contributed by atoms with Gasteiger partial charge in [-0.15, -0.1) is 0 Å². The Morgan fingerprint density at radius 2 is 1.92 bits per heavy atom. The molecule has 0 atom stereocenters. The highest BCUT2D eigenvalue weighted by molar-refractivity contribution is 7.92. The number of nitrogens with zero attached hydrogens (tertiary/aromatic N) is 5. The van der Waals surface area contributed by atoms with Crippen LogP contribution in [0, 0.1) is 5.82 Å². The molecule has 0 bridgehead atoms. The zero-order valence-corrected chi connectivity index (χ0v) is 22.4. The third-order valence-electron chi connectivity index (χ3n) is 6.10. The minimum atomic E-state index is -4.24. The monoisotopic (exact) mass is 575 g/mol. The zero-order chi connectivity index (χ0) is 27.7. The summed E-state index contributed by atoms with van der Waals surface area (Å²) < 4.78 is 55.0. The van der Waals surface area contributed by atoms with Gasteiger partial charge >= 0.3 is 0 Å². The maximum atomic E-state index is 15.0. The van der Waals surface area contributed by atoms with Gasteiger partial charge in [0, 0.05) is 43.8 Å². The minimum absolute atomic E-state index is 0.0235. The molecule has 0 aliphatic carbocycles. The van der Waals surface area contributed by atoms with Gasteiger partial charge in [0.15, 0.2) is 10.5 Å². The Balaban J connectivity index is 1.50. The molecule has 3 aromatic heterocycles.